The van der Waals surface area contributed by atoms with Crippen molar-refractivity contribution < 1.29 is 14.3 Å². The van der Waals surface area contributed by atoms with Gasteiger partial charge in [-0.3, -0.25) is 9.59 Å². The molecule has 1 atom stereocenters. The zero-order valence-corrected chi connectivity index (χ0v) is 11.1. The predicted molar refractivity (Wildman–Crippen MR) is 60.8 cm³/mol. The van der Waals surface area contributed by atoms with Crippen molar-refractivity contribution in [3.8, 4) is 0 Å². The normalized spacial score (nSPS) is 11.9. The maximum Gasteiger partial charge on any atom is 0.325 e. The lowest BCUT2D eigenvalue weighted by Gasteiger charge is -2.08. The number of carbonyl (C=O) groups excluding carboxylic acids is 2. The molecule has 4 nitrogen and oxygen atoms in total. The molecule has 0 heterocycles. The number of carbonyl (C=O) groups is 2. The fourth-order valence-electron chi connectivity index (χ4n) is 0.709. The third kappa shape index (κ3) is 6.37. The van der Waals surface area contributed by atoms with Crippen LogP contribution in [0.5, 0.6) is 0 Å². The van der Waals surface area contributed by atoms with Crippen molar-refractivity contribution in [3.05, 3.63) is 0 Å². The molecule has 14 heavy (non-hydrogen) atoms. The molecule has 0 spiro atoms. The molecule has 0 bridgehead atoms. The van der Waals surface area contributed by atoms with E-state index >= 15 is 0 Å². The molecule has 0 aromatic heterocycles. The highest BCUT2D eigenvalue weighted by atomic mass is 79.9. The van der Waals surface area contributed by atoms with E-state index < -0.39 is 5.97 Å². The number of amides is 1. The third-order valence-corrected chi connectivity index (χ3v) is 2.69. The fraction of sp³-hybridized carbons (Fsp3) is 0.750. The first-order valence-corrected chi connectivity index (χ1v) is 6.28. The summed E-state index contributed by atoms with van der Waals surface area (Å²) >= 11 is 6.42. The van der Waals surface area contributed by atoms with E-state index in [2.05, 4.69) is 41.9 Å². The van der Waals surface area contributed by atoms with Gasteiger partial charge in [0.25, 0.3) is 0 Å². The summed E-state index contributed by atoms with van der Waals surface area (Å²) in [7, 11) is 0. The standard InChI is InChI=1S/C8H13Br2NO3/c1-2-14-7(12)5-11-8(13)6(10)3-4-9/h6H,2-5H2,1H3,(H,11,13). The molecule has 0 rings (SSSR count). The van der Waals surface area contributed by atoms with Gasteiger partial charge in [-0.05, 0) is 13.3 Å². The maximum absolute atomic E-state index is 11.3. The van der Waals surface area contributed by atoms with Gasteiger partial charge in [-0.2, -0.15) is 0 Å². The Hall–Kier alpha value is -0.100. The summed E-state index contributed by atoms with van der Waals surface area (Å²) in [5, 5.41) is 3.20. The van der Waals surface area contributed by atoms with Gasteiger partial charge < -0.3 is 10.1 Å². The highest BCUT2D eigenvalue weighted by Gasteiger charge is 2.14. The van der Waals surface area contributed by atoms with Crippen molar-refractivity contribution in [1.29, 1.82) is 0 Å². The lowest BCUT2D eigenvalue weighted by molar-refractivity contribution is -0.143. The van der Waals surface area contributed by atoms with Gasteiger partial charge in [-0.15, -0.1) is 0 Å². The summed E-state index contributed by atoms with van der Waals surface area (Å²) in [5.41, 5.74) is 0. The number of nitrogens with one attached hydrogen (secondary N) is 1. The van der Waals surface area contributed by atoms with Crippen LogP contribution in [0.3, 0.4) is 0 Å². The number of hydrogen-bond donors (Lipinski definition) is 1. The van der Waals surface area contributed by atoms with Crippen molar-refractivity contribution in [2.75, 3.05) is 18.5 Å². The van der Waals surface area contributed by atoms with Crippen molar-refractivity contribution in [2.24, 2.45) is 0 Å². The van der Waals surface area contributed by atoms with Crippen LogP contribution >= 0.6 is 31.9 Å². The molecule has 0 radical (unpaired) electrons. The fourth-order valence-corrected chi connectivity index (χ4v) is 2.17. The molecule has 0 aliphatic heterocycles. The van der Waals surface area contributed by atoms with Crippen LogP contribution in [-0.4, -0.2) is 35.2 Å². The molecule has 1 unspecified atom stereocenters. The molecule has 6 heteroatoms. The second-order valence-corrected chi connectivity index (χ2v) is 4.37. The largest absolute Gasteiger partial charge is 0.465 e. The molecule has 82 valence electrons. The van der Waals surface area contributed by atoms with Crippen molar-refractivity contribution >= 4 is 43.7 Å². The number of ether oxygens (including phenoxy) is 1. The summed E-state index contributed by atoms with van der Waals surface area (Å²) in [6, 6.07) is 0. The third-order valence-electron chi connectivity index (χ3n) is 1.36. The van der Waals surface area contributed by atoms with Crippen LogP contribution in [0.25, 0.3) is 0 Å². The molecule has 1 amide bonds. The average molecular weight is 331 g/mol. The Morgan fingerprint density at radius 3 is 2.64 bits per heavy atom. The van der Waals surface area contributed by atoms with Gasteiger partial charge in [-0.1, -0.05) is 31.9 Å². The van der Waals surface area contributed by atoms with E-state index in [9.17, 15) is 9.59 Å². The van der Waals surface area contributed by atoms with E-state index in [1.807, 2.05) is 0 Å². The summed E-state index contributed by atoms with van der Waals surface area (Å²) in [4.78, 5) is 21.9. The summed E-state index contributed by atoms with van der Waals surface area (Å²) in [6.45, 7) is 1.97. The highest BCUT2D eigenvalue weighted by Crippen LogP contribution is 2.06. The topological polar surface area (TPSA) is 55.4 Å². The molecule has 0 aliphatic rings. The average Bonchev–Trinajstić information content (AvgIpc) is 2.15. The van der Waals surface area contributed by atoms with E-state index in [4.69, 9.17) is 0 Å². The molecular weight excluding hydrogens is 318 g/mol. The number of esters is 1. The van der Waals surface area contributed by atoms with Gasteiger partial charge in [0, 0.05) is 5.33 Å². The second-order valence-electron chi connectivity index (χ2n) is 2.47. The molecule has 0 saturated carbocycles. The van der Waals surface area contributed by atoms with Crippen molar-refractivity contribution in [2.45, 2.75) is 18.2 Å². The van der Waals surface area contributed by atoms with Gasteiger partial charge in [0.2, 0.25) is 5.91 Å². The molecule has 0 fully saturated rings. The lowest BCUT2D eigenvalue weighted by atomic mass is 10.3. The molecule has 1 N–H and O–H groups in total. The van der Waals surface area contributed by atoms with E-state index in [-0.39, 0.29) is 17.3 Å². The van der Waals surface area contributed by atoms with Crippen LogP contribution in [0.4, 0.5) is 0 Å². The maximum atomic E-state index is 11.3. The monoisotopic (exact) mass is 329 g/mol. The second kappa shape index (κ2) is 8.23. The lowest BCUT2D eigenvalue weighted by Crippen LogP contribution is -2.35. The predicted octanol–water partition coefficient (Wildman–Crippen LogP) is 1.21. The zero-order valence-electron chi connectivity index (χ0n) is 7.89. The van der Waals surface area contributed by atoms with Gasteiger partial charge >= 0.3 is 5.97 Å². The molecule has 0 aromatic rings. The first-order valence-electron chi connectivity index (χ1n) is 4.25. The van der Waals surface area contributed by atoms with Crippen LogP contribution in [0, 0.1) is 0 Å². The molecule has 0 aromatic carbocycles. The number of halogens is 2. The van der Waals surface area contributed by atoms with E-state index in [0.29, 0.717) is 13.0 Å². The molecule has 0 aliphatic carbocycles. The quantitative estimate of drug-likeness (QED) is 0.588. The Kier molecular flexibility index (Phi) is 8.17. The van der Waals surface area contributed by atoms with Gasteiger partial charge in [0.1, 0.15) is 6.54 Å². The van der Waals surface area contributed by atoms with Crippen LogP contribution in [0.1, 0.15) is 13.3 Å². The van der Waals surface area contributed by atoms with Crippen LogP contribution in [-0.2, 0) is 14.3 Å². The first kappa shape index (κ1) is 13.9. The summed E-state index contributed by atoms with van der Waals surface area (Å²) in [6.07, 6.45) is 0.675. The highest BCUT2D eigenvalue weighted by molar-refractivity contribution is 9.10. The minimum Gasteiger partial charge on any atom is -0.465 e. The molecular formula is C8H13Br2NO3. The van der Waals surface area contributed by atoms with Gasteiger partial charge in [0.15, 0.2) is 0 Å². The van der Waals surface area contributed by atoms with E-state index in [1.54, 1.807) is 6.92 Å². The minimum atomic E-state index is -0.417. The van der Waals surface area contributed by atoms with Crippen molar-refractivity contribution in [3.63, 3.8) is 0 Å². The Morgan fingerprint density at radius 1 is 1.50 bits per heavy atom. The number of hydrogen-bond acceptors (Lipinski definition) is 3. The number of alkyl halides is 2. The minimum absolute atomic E-state index is 0.0724. The summed E-state index contributed by atoms with van der Waals surface area (Å²) < 4.78 is 4.65. The van der Waals surface area contributed by atoms with Crippen LogP contribution < -0.4 is 5.32 Å². The van der Waals surface area contributed by atoms with Gasteiger partial charge in [-0.25, -0.2) is 0 Å². The van der Waals surface area contributed by atoms with E-state index in [0.717, 1.165) is 5.33 Å². The Balaban J connectivity index is 3.67. The number of rotatable bonds is 6. The van der Waals surface area contributed by atoms with Crippen LogP contribution in [0.2, 0.25) is 0 Å². The Bertz CT molecular complexity index is 199. The zero-order chi connectivity index (χ0) is 11.0. The summed E-state index contributed by atoms with van der Waals surface area (Å²) in [5.74, 6) is -0.614. The first-order chi connectivity index (χ1) is 6.61. The van der Waals surface area contributed by atoms with Crippen LogP contribution in [0.15, 0.2) is 0 Å². The Morgan fingerprint density at radius 2 is 2.14 bits per heavy atom. The molecule has 0 saturated heterocycles. The van der Waals surface area contributed by atoms with Crippen molar-refractivity contribution in [1.82, 2.24) is 5.32 Å². The van der Waals surface area contributed by atoms with Gasteiger partial charge in [0.05, 0.1) is 11.4 Å². The smallest absolute Gasteiger partial charge is 0.325 e. The van der Waals surface area contributed by atoms with E-state index in [1.165, 1.54) is 0 Å². The SMILES string of the molecule is CCOC(=O)CNC(=O)C(Br)CCBr. The Labute approximate surface area is 100 Å².